The van der Waals surface area contributed by atoms with E-state index in [1.807, 2.05) is 60.8 Å². The second-order valence-corrected chi connectivity index (χ2v) is 12.9. The molecule has 4 nitrogen and oxygen atoms in total. The van der Waals surface area contributed by atoms with Crippen LogP contribution in [0.3, 0.4) is 0 Å². The van der Waals surface area contributed by atoms with Crippen LogP contribution in [0.15, 0.2) is 158 Å². The maximum Gasteiger partial charge on any atom is 0.239 e. The van der Waals surface area contributed by atoms with Gasteiger partial charge in [-0.25, -0.2) is 0 Å². The topological polar surface area (TPSA) is 44.2 Å². The Hall–Kier alpha value is -6.07. The smallest absolute Gasteiger partial charge is 0.239 e. The minimum absolute atomic E-state index is 0. The largest absolute Gasteiger partial charge is 0.503 e. The van der Waals surface area contributed by atoms with E-state index in [1.165, 1.54) is 30.5 Å². The summed E-state index contributed by atoms with van der Waals surface area (Å²) in [5, 5.41) is 0. The molecule has 1 radical (unpaired) electrons. The predicted octanol–water partition coefficient (Wildman–Crippen LogP) is 10.1. The van der Waals surface area contributed by atoms with Crippen LogP contribution in [0, 0.1) is 32.7 Å². The standard InChI is InChI=1S/C29H17BNO2.C20H18N.Ir/c1-2-8-19(9-3-1)20-16-17-31-24(18-20)21-14-15-27-28-29(21)33-26-13-7-5-11-23(26)30(28)22-10-4-6-12-25(22)32-27;1-14-8-10-17(11-9-14)20-12-19(16(3)13-21-20)18-7-5-4-6-15(18)2;/h1-13,15-18H;4-10,12-13H,1-3H3;/q2*-1;/i;1D3,2D3,3D3;. The van der Waals surface area contributed by atoms with Gasteiger partial charge in [0.2, 0.25) is 6.71 Å². The fraction of sp³-hybridized carbons (Fsp3) is 0.0612. The Morgan fingerprint density at radius 1 is 0.582 bits per heavy atom. The number of aromatic nitrogens is 2. The molecule has 10 rings (SSSR count). The van der Waals surface area contributed by atoms with Crippen LogP contribution in [0.1, 0.15) is 29.0 Å². The molecule has 0 unspecified atom stereocenters. The number of fused-ring (bicyclic) bond motifs is 4. The van der Waals surface area contributed by atoms with Gasteiger partial charge in [0.05, 0.1) is 0 Å². The second-order valence-electron chi connectivity index (χ2n) is 12.9. The van der Waals surface area contributed by atoms with Gasteiger partial charge in [-0.05, 0) is 87.6 Å². The summed E-state index contributed by atoms with van der Waals surface area (Å²) < 4.78 is 82.1. The Kier molecular flexibility index (Phi) is 7.44. The van der Waals surface area contributed by atoms with Crippen LogP contribution in [0.4, 0.5) is 0 Å². The third-order valence-electron chi connectivity index (χ3n) is 9.60. The number of para-hydroxylation sites is 2. The third-order valence-corrected chi connectivity index (χ3v) is 9.60. The maximum absolute atomic E-state index is 7.84. The zero-order valence-corrected chi connectivity index (χ0v) is 31.5. The number of hydrogen-bond donors (Lipinski definition) is 0. The van der Waals surface area contributed by atoms with E-state index in [0.29, 0.717) is 11.3 Å². The molecule has 8 aromatic rings. The first kappa shape index (κ1) is 26.7. The molecule has 2 aliphatic heterocycles. The van der Waals surface area contributed by atoms with Gasteiger partial charge >= 0.3 is 0 Å². The van der Waals surface area contributed by atoms with Crippen molar-refractivity contribution >= 4 is 23.1 Å². The summed E-state index contributed by atoms with van der Waals surface area (Å²) >= 11 is 0. The number of hydrogen-bond acceptors (Lipinski definition) is 4. The van der Waals surface area contributed by atoms with Crippen LogP contribution in [-0.4, -0.2) is 16.7 Å². The molecule has 0 aliphatic carbocycles. The molecule has 0 saturated carbocycles. The van der Waals surface area contributed by atoms with E-state index in [-0.39, 0.29) is 54.6 Å². The van der Waals surface area contributed by atoms with Crippen molar-refractivity contribution in [3.63, 3.8) is 0 Å². The van der Waals surface area contributed by atoms with E-state index in [0.717, 1.165) is 61.8 Å². The minimum Gasteiger partial charge on any atom is -0.503 e. The molecular formula is C49H35BIrN2O2-2. The first-order valence-corrected chi connectivity index (χ1v) is 17.4. The average Bonchev–Trinajstić information content (AvgIpc) is 3.28. The van der Waals surface area contributed by atoms with Gasteiger partial charge in [0, 0.05) is 56.3 Å². The Balaban J connectivity index is 0.000000173. The molecule has 6 heteroatoms. The van der Waals surface area contributed by atoms with Gasteiger partial charge in [0.25, 0.3) is 0 Å². The fourth-order valence-corrected chi connectivity index (χ4v) is 7.02. The minimum atomic E-state index is -2.50. The molecule has 6 aromatic carbocycles. The van der Waals surface area contributed by atoms with Gasteiger partial charge in [-0.2, -0.15) is 0 Å². The predicted molar refractivity (Wildman–Crippen MR) is 220 cm³/mol. The molecule has 267 valence electrons. The molecule has 0 N–H and O–H groups in total. The zero-order valence-electron chi connectivity index (χ0n) is 38.1. The molecule has 4 heterocycles. The normalized spacial score (nSPS) is 14.8. The van der Waals surface area contributed by atoms with Crippen LogP contribution < -0.4 is 25.9 Å². The number of aryl methyl sites for hydroxylation is 3. The number of nitrogens with zero attached hydrogens (tertiary/aromatic N) is 2. The molecule has 55 heavy (non-hydrogen) atoms. The molecular weight excluding hydrogens is 852 g/mol. The molecule has 0 spiro atoms. The van der Waals surface area contributed by atoms with E-state index >= 15 is 0 Å². The van der Waals surface area contributed by atoms with Crippen molar-refractivity contribution in [1.29, 1.82) is 0 Å². The van der Waals surface area contributed by atoms with E-state index in [4.69, 9.17) is 26.8 Å². The fourth-order valence-electron chi connectivity index (χ4n) is 7.02. The van der Waals surface area contributed by atoms with Crippen LogP contribution >= 0.6 is 0 Å². The van der Waals surface area contributed by atoms with E-state index in [1.54, 1.807) is 24.3 Å². The molecule has 0 fully saturated rings. The van der Waals surface area contributed by atoms with Crippen molar-refractivity contribution in [2.24, 2.45) is 0 Å². The Bertz CT molecular complexity index is 2980. The van der Waals surface area contributed by atoms with Gasteiger partial charge < -0.3 is 19.4 Å². The Labute approximate surface area is 349 Å². The van der Waals surface area contributed by atoms with Gasteiger partial charge in [0.15, 0.2) is 0 Å². The Morgan fingerprint density at radius 3 is 2.09 bits per heavy atom. The first-order valence-electron chi connectivity index (χ1n) is 21.9. The van der Waals surface area contributed by atoms with Crippen molar-refractivity contribution in [1.82, 2.24) is 9.97 Å². The monoisotopic (exact) mass is 896 g/mol. The summed E-state index contributed by atoms with van der Waals surface area (Å²) in [6.45, 7) is -7.16. The summed E-state index contributed by atoms with van der Waals surface area (Å²) in [6, 6.07) is 51.2. The molecule has 0 bridgehead atoms. The van der Waals surface area contributed by atoms with Crippen molar-refractivity contribution in [2.75, 3.05) is 0 Å². The molecule has 0 saturated heterocycles. The van der Waals surface area contributed by atoms with Crippen LogP contribution in [0.5, 0.6) is 23.0 Å². The van der Waals surface area contributed by atoms with Crippen LogP contribution in [0.25, 0.3) is 44.8 Å². The second kappa shape index (κ2) is 15.4. The molecule has 2 aliphatic rings. The molecule has 2 aromatic heterocycles. The zero-order chi connectivity index (χ0) is 44.1. The summed E-state index contributed by atoms with van der Waals surface area (Å²) in [7, 11) is 0. The van der Waals surface area contributed by atoms with E-state index < -0.39 is 20.6 Å². The number of rotatable bonds is 4. The summed E-state index contributed by atoms with van der Waals surface area (Å²) in [5.74, 6) is 3.29. The van der Waals surface area contributed by atoms with Gasteiger partial charge in [-0.15, -0.1) is 47.5 Å². The van der Waals surface area contributed by atoms with E-state index in [9.17, 15) is 0 Å². The SMILES string of the molecule is [2H]C([2H])([2H])c1c[c-]c(-c2cc(-c3ccccc3C([2H])([2H])[2H])c(C([2H])([2H])[2H])cn2)cc1.[Ir].[c-]1cc2c3c(c1-c1cc(-c4ccccc4)ccn1)Oc1ccccc1B3c1ccccc1O2. The molecule has 0 atom stereocenters. The Morgan fingerprint density at radius 2 is 1.33 bits per heavy atom. The van der Waals surface area contributed by atoms with Crippen LogP contribution in [-0.2, 0) is 20.1 Å². The third kappa shape index (κ3) is 6.92. The van der Waals surface area contributed by atoms with Crippen molar-refractivity contribution in [2.45, 2.75) is 20.6 Å². The summed E-state index contributed by atoms with van der Waals surface area (Å²) in [5.41, 5.74) is 8.68. The van der Waals surface area contributed by atoms with E-state index in [2.05, 4.69) is 59.6 Å². The summed E-state index contributed by atoms with van der Waals surface area (Å²) in [4.78, 5) is 8.90. The quantitative estimate of drug-likeness (QED) is 0.130. The number of pyridine rings is 2. The summed E-state index contributed by atoms with van der Waals surface area (Å²) in [6.07, 6.45) is 3.05. The average molecular weight is 896 g/mol. The number of benzene rings is 6. The van der Waals surface area contributed by atoms with Crippen molar-refractivity contribution in [3.05, 3.63) is 187 Å². The first-order chi connectivity index (χ1) is 30.1. The van der Waals surface area contributed by atoms with Gasteiger partial charge in [-0.1, -0.05) is 121 Å². The van der Waals surface area contributed by atoms with Crippen LogP contribution in [0.2, 0.25) is 0 Å². The van der Waals surface area contributed by atoms with Gasteiger partial charge in [-0.3, -0.25) is 0 Å². The molecule has 0 amide bonds. The van der Waals surface area contributed by atoms with Crippen molar-refractivity contribution in [3.8, 4) is 67.8 Å². The number of ether oxygens (including phenoxy) is 2. The van der Waals surface area contributed by atoms with Gasteiger partial charge in [0.1, 0.15) is 11.5 Å². The maximum atomic E-state index is 7.84. The van der Waals surface area contributed by atoms with Crippen molar-refractivity contribution < 1.29 is 41.9 Å².